The van der Waals surface area contributed by atoms with Crippen LogP contribution in [-0.2, 0) is 0 Å². The molecule has 1 fully saturated rings. The Morgan fingerprint density at radius 3 is 2.80 bits per heavy atom. The van der Waals surface area contributed by atoms with E-state index < -0.39 is 0 Å². The summed E-state index contributed by atoms with van der Waals surface area (Å²) in [5.74, 6) is 0.474. The minimum absolute atomic E-state index is 0.0656. The highest BCUT2D eigenvalue weighted by molar-refractivity contribution is 9.09. The van der Waals surface area contributed by atoms with Gasteiger partial charge in [0.1, 0.15) is 5.82 Å². The smallest absolute Gasteiger partial charge is 0.126 e. The van der Waals surface area contributed by atoms with Crippen LogP contribution in [0.25, 0.3) is 0 Å². The SMILES string of the molecule is Cc1ccc(C2CCCC(Br)C2)cc1F. The fourth-order valence-corrected chi connectivity index (χ4v) is 3.07. The zero-order valence-electron chi connectivity index (χ0n) is 8.97. The minimum atomic E-state index is -0.0656. The van der Waals surface area contributed by atoms with Gasteiger partial charge in [-0.15, -0.1) is 0 Å². The number of aryl methyl sites for hydroxylation is 1. The van der Waals surface area contributed by atoms with Crippen LogP contribution in [0, 0.1) is 12.7 Å². The first-order chi connectivity index (χ1) is 7.16. The Morgan fingerprint density at radius 2 is 2.13 bits per heavy atom. The summed E-state index contributed by atoms with van der Waals surface area (Å²) in [4.78, 5) is 0.612. The van der Waals surface area contributed by atoms with Gasteiger partial charge < -0.3 is 0 Å². The predicted molar refractivity (Wildman–Crippen MR) is 65.1 cm³/mol. The third-order valence-corrected chi connectivity index (χ3v) is 4.11. The molecule has 2 atom stereocenters. The predicted octanol–water partition coefficient (Wildman–Crippen LogP) is 4.56. The molecule has 0 nitrogen and oxygen atoms in total. The van der Waals surface area contributed by atoms with Crippen molar-refractivity contribution < 1.29 is 4.39 Å². The van der Waals surface area contributed by atoms with Crippen molar-refractivity contribution in [3.8, 4) is 0 Å². The van der Waals surface area contributed by atoms with Gasteiger partial charge in [0.05, 0.1) is 0 Å². The fourth-order valence-electron chi connectivity index (χ4n) is 2.30. The lowest BCUT2D eigenvalue weighted by atomic mass is 9.84. The Bertz CT molecular complexity index is 348. The van der Waals surface area contributed by atoms with E-state index in [0.29, 0.717) is 10.7 Å². The van der Waals surface area contributed by atoms with E-state index in [-0.39, 0.29) is 5.82 Å². The maximum Gasteiger partial charge on any atom is 0.126 e. The molecule has 0 N–H and O–H groups in total. The van der Waals surface area contributed by atoms with Crippen LogP contribution < -0.4 is 0 Å². The molecule has 0 heterocycles. The van der Waals surface area contributed by atoms with E-state index in [1.165, 1.54) is 24.8 Å². The third kappa shape index (κ3) is 2.60. The Balaban J connectivity index is 2.18. The lowest BCUT2D eigenvalue weighted by Crippen LogP contribution is -2.13. The number of rotatable bonds is 1. The summed E-state index contributed by atoms with van der Waals surface area (Å²) < 4.78 is 13.4. The van der Waals surface area contributed by atoms with Gasteiger partial charge in [-0.05, 0) is 49.3 Å². The second kappa shape index (κ2) is 4.65. The van der Waals surface area contributed by atoms with Crippen molar-refractivity contribution in [1.29, 1.82) is 0 Å². The minimum Gasteiger partial charge on any atom is -0.207 e. The molecule has 0 bridgehead atoms. The Morgan fingerprint density at radius 1 is 1.33 bits per heavy atom. The summed E-state index contributed by atoms with van der Waals surface area (Å²) in [7, 11) is 0. The number of alkyl halides is 1. The van der Waals surface area contributed by atoms with Gasteiger partial charge in [0.2, 0.25) is 0 Å². The lowest BCUT2D eigenvalue weighted by molar-refractivity contribution is 0.456. The summed E-state index contributed by atoms with van der Waals surface area (Å²) in [6.45, 7) is 1.81. The van der Waals surface area contributed by atoms with Crippen LogP contribution in [-0.4, -0.2) is 4.83 Å². The first kappa shape index (κ1) is 11.1. The van der Waals surface area contributed by atoms with E-state index in [2.05, 4.69) is 22.0 Å². The van der Waals surface area contributed by atoms with Gasteiger partial charge in [-0.2, -0.15) is 0 Å². The monoisotopic (exact) mass is 270 g/mol. The topological polar surface area (TPSA) is 0 Å². The van der Waals surface area contributed by atoms with Crippen molar-refractivity contribution in [2.24, 2.45) is 0 Å². The van der Waals surface area contributed by atoms with Crippen molar-refractivity contribution in [3.05, 3.63) is 35.1 Å². The summed E-state index contributed by atoms with van der Waals surface area (Å²) in [6.07, 6.45) is 4.84. The van der Waals surface area contributed by atoms with Crippen molar-refractivity contribution in [1.82, 2.24) is 0 Å². The molecule has 1 aliphatic carbocycles. The molecule has 0 saturated heterocycles. The van der Waals surface area contributed by atoms with Crippen molar-refractivity contribution in [2.45, 2.75) is 43.4 Å². The fraction of sp³-hybridized carbons (Fsp3) is 0.538. The van der Waals surface area contributed by atoms with Crippen LogP contribution in [0.2, 0.25) is 0 Å². The highest BCUT2D eigenvalue weighted by atomic mass is 79.9. The van der Waals surface area contributed by atoms with Gasteiger partial charge in [-0.25, -0.2) is 4.39 Å². The maximum absolute atomic E-state index is 13.4. The van der Waals surface area contributed by atoms with Crippen LogP contribution in [0.3, 0.4) is 0 Å². The molecule has 2 heteroatoms. The Labute approximate surface area is 99.0 Å². The van der Waals surface area contributed by atoms with Crippen molar-refractivity contribution >= 4 is 15.9 Å². The zero-order valence-corrected chi connectivity index (χ0v) is 10.6. The van der Waals surface area contributed by atoms with Crippen LogP contribution in [0.15, 0.2) is 18.2 Å². The van der Waals surface area contributed by atoms with Crippen LogP contribution in [0.4, 0.5) is 4.39 Å². The number of halogens is 2. The lowest BCUT2D eigenvalue weighted by Gasteiger charge is -2.26. The van der Waals surface area contributed by atoms with Gasteiger partial charge in [0, 0.05) is 4.83 Å². The van der Waals surface area contributed by atoms with Gasteiger partial charge in [-0.1, -0.05) is 34.5 Å². The summed E-state index contributed by atoms with van der Waals surface area (Å²) >= 11 is 3.67. The second-order valence-electron chi connectivity index (χ2n) is 4.47. The average Bonchev–Trinajstić information content (AvgIpc) is 2.22. The average molecular weight is 271 g/mol. The molecule has 2 unspecified atom stereocenters. The van der Waals surface area contributed by atoms with E-state index in [4.69, 9.17) is 0 Å². The molecule has 1 aliphatic rings. The zero-order chi connectivity index (χ0) is 10.8. The Kier molecular flexibility index (Phi) is 3.45. The molecular formula is C13H16BrF. The molecule has 0 aliphatic heterocycles. The van der Waals surface area contributed by atoms with E-state index in [1.807, 2.05) is 13.0 Å². The van der Waals surface area contributed by atoms with E-state index in [1.54, 1.807) is 6.07 Å². The molecule has 1 aromatic rings. The first-order valence-electron chi connectivity index (χ1n) is 5.57. The van der Waals surface area contributed by atoms with Gasteiger partial charge in [0.25, 0.3) is 0 Å². The molecule has 82 valence electrons. The van der Waals surface area contributed by atoms with Gasteiger partial charge in [0.15, 0.2) is 0 Å². The second-order valence-corrected chi connectivity index (χ2v) is 5.76. The molecule has 0 spiro atoms. The Hall–Kier alpha value is -0.370. The molecule has 2 rings (SSSR count). The van der Waals surface area contributed by atoms with Gasteiger partial charge in [-0.3, -0.25) is 0 Å². The summed E-state index contributed by atoms with van der Waals surface area (Å²) in [6, 6.07) is 5.68. The summed E-state index contributed by atoms with van der Waals surface area (Å²) in [5.41, 5.74) is 1.91. The first-order valence-corrected chi connectivity index (χ1v) is 6.48. The molecule has 0 amide bonds. The van der Waals surface area contributed by atoms with Crippen LogP contribution >= 0.6 is 15.9 Å². The molecule has 0 aromatic heterocycles. The van der Waals surface area contributed by atoms with E-state index in [9.17, 15) is 4.39 Å². The van der Waals surface area contributed by atoms with Crippen LogP contribution in [0.1, 0.15) is 42.7 Å². The third-order valence-electron chi connectivity index (χ3n) is 3.28. The van der Waals surface area contributed by atoms with Gasteiger partial charge >= 0.3 is 0 Å². The largest absolute Gasteiger partial charge is 0.207 e. The van der Waals surface area contributed by atoms with Crippen molar-refractivity contribution in [2.75, 3.05) is 0 Å². The molecular weight excluding hydrogens is 255 g/mol. The standard InChI is InChI=1S/C13H16BrF/c1-9-5-6-11(8-13(9)15)10-3-2-4-12(14)7-10/h5-6,8,10,12H,2-4,7H2,1H3. The van der Waals surface area contributed by atoms with Crippen molar-refractivity contribution in [3.63, 3.8) is 0 Å². The summed E-state index contributed by atoms with van der Waals surface area (Å²) in [5, 5.41) is 0. The highest BCUT2D eigenvalue weighted by Crippen LogP contribution is 2.36. The normalized spacial score (nSPS) is 26.6. The number of hydrogen-bond donors (Lipinski definition) is 0. The van der Waals surface area contributed by atoms with E-state index >= 15 is 0 Å². The number of hydrogen-bond acceptors (Lipinski definition) is 0. The number of benzene rings is 1. The molecule has 0 radical (unpaired) electrons. The molecule has 1 aromatic carbocycles. The molecule has 15 heavy (non-hydrogen) atoms. The van der Waals surface area contributed by atoms with E-state index in [0.717, 1.165) is 12.0 Å². The maximum atomic E-state index is 13.4. The highest BCUT2D eigenvalue weighted by Gasteiger charge is 2.21. The van der Waals surface area contributed by atoms with Crippen LogP contribution in [0.5, 0.6) is 0 Å². The quantitative estimate of drug-likeness (QED) is 0.657. The molecule has 1 saturated carbocycles.